The SMILES string of the molecule is COc1ccc(C2C(=C=O)CSC2=C=O)nn1. The Hall–Kier alpha value is -1.87. The zero-order valence-electron chi connectivity index (χ0n) is 8.97. The molecule has 86 valence electrons. The topological polar surface area (TPSA) is 69.2 Å². The number of aromatic nitrogens is 2. The third-order valence-corrected chi connectivity index (χ3v) is 3.48. The normalized spacial score (nSPS) is 18.8. The number of hydrogen-bond donors (Lipinski definition) is 0. The van der Waals surface area contributed by atoms with Crippen LogP contribution in [0, 0.1) is 0 Å². The van der Waals surface area contributed by atoms with E-state index in [1.807, 2.05) is 11.9 Å². The van der Waals surface area contributed by atoms with Crippen LogP contribution in [-0.2, 0) is 9.59 Å². The first-order valence-electron chi connectivity index (χ1n) is 4.79. The molecule has 5 nitrogen and oxygen atoms in total. The molecule has 1 aromatic rings. The molecule has 0 amide bonds. The van der Waals surface area contributed by atoms with Crippen LogP contribution in [0.4, 0.5) is 0 Å². The predicted molar refractivity (Wildman–Crippen MR) is 62.2 cm³/mol. The molecule has 1 saturated heterocycles. The lowest BCUT2D eigenvalue weighted by molar-refractivity contribution is 0.391. The van der Waals surface area contributed by atoms with E-state index in [0.29, 0.717) is 27.8 Å². The van der Waals surface area contributed by atoms with Crippen LogP contribution in [0.1, 0.15) is 11.6 Å². The number of methoxy groups -OCH3 is 1. The molecule has 0 radical (unpaired) electrons. The van der Waals surface area contributed by atoms with E-state index in [1.54, 1.807) is 12.1 Å². The molecule has 17 heavy (non-hydrogen) atoms. The highest BCUT2D eigenvalue weighted by Crippen LogP contribution is 2.43. The van der Waals surface area contributed by atoms with Gasteiger partial charge in [0.15, 0.2) is 0 Å². The fourth-order valence-corrected chi connectivity index (χ4v) is 2.59. The van der Waals surface area contributed by atoms with Crippen molar-refractivity contribution in [1.82, 2.24) is 10.2 Å². The number of carbonyl (C=O) groups excluding carboxylic acids is 2. The van der Waals surface area contributed by atoms with Gasteiger partial charge in [0, 0.05) is 17.4 Å². The summed E-state index contributed by atoms with van der Waals surface area (Å²) in [5.41, 5.74) is 1.03. The highest BCUT2D eigenvalue weighted by atomic mass is 32.2. The number of allylic oxidation sites excluding steroid dienone is 1. The second-order valence-corrected chi connectivity index (χ2v) is 4.33. The van der Waals surface area contributed by atoms with Crippen LogP contribution in [0.15, 0.2) is 22.6 Å². The van der Waals surface area contributed by atoms with E-state index in [-0.39, 0.29) is 0 Å². The largest absolute Gasteiger partial charge is 0.480 e. The lowest BCUT2D eigenvalue weighted by atomic mass is 9.98. The first-order valence-corrected chi connectivity index (χ1v) is 5.78. The average Bonchev–Trinajstić information content (AvgIpc) is 2.81. The Kier molecular flexibility index (Phi) is 3.40. The second kappa shape index (κ2) is 4.97. The van der Waals surface area contributed by atoms with Crippen molar-refractivity contribution < 1.29 is 14.3 Å². The van der Waals surface area contributed by atoms with Crippen molar-refractivity contribution in [2.75, 3.05) is 12.9 Å². The molecule has 6 heteroatoms. The lowest BCUT2D eigenvalue weighted by Gasteiger charge is -2.07. The van der Waals surface area contributed by atoms with Crippen LogP contribution in [0.5, 0.6) is 5.88 Å². The number of hydrogen-bond acceptors (Lipinski definition) is 6. The molecular formula is C11H8N2O3S. The Bertz CT molecular complexity index is 502. The van der Waals surface area contributed by atoms with Crippen molar-refractivity contribution in [2.24, 2.45) is 0 Å². The molecule has 1 aliphatic heterocycles. The lowest BCUT2D eigenvalue weighted by Crippen LogP contribution is -2.04. The summed E-state index contributed by atoms with van der Waals surface area (Å²) in [4.78, 5) is 22.0. The number of rotatable bonds is 2. The minimum atomic E-state index is -0.451. The van der Waals surface area contributed by atoms with E-state index >= 15 is 0 Å². The molecule has 1 atom stereocenters. The third-order valence-electron chi connectivity index (χ3n) is 2.39. The molecule has 2 heterocycles. The van der Waals surface area contributed by atoms with Gasteiger partial charge in [0.1, 0.15) is 11.9 Å². The smallest absolute Gasteiger partial charge is 0.233 e. The highest BCUT2D eigenvalue weighted by molar-refractivity contribution is 8.04. The fraction of sp³-hybridized carbons (Fsp3) is 0.273. The third kappa shape index (κ3) is 2.15. The number of thioether (sulfide) groups is 1. The summed E-state index contributed by atoms with van der Waals surface area (Å²) in [6.45, 7) is 0. The van der Waals surface area contributed by atoms with Crippen LogP contribution >= 0.6 is 11.8 Å². The molecule has 0 aromatic carbocycles. The van der Waals surface area contributed by atoms with Crippen molar-refractivity contribution in [1.29, 1.82) is 0 Å². The van der Waals surface area contributed by atoms with Crippen molar-refractivity contribution in [2.45, 2.75) is 5.92 Å². The molecular weight excluding hydrogens is 240 g/mol. The number of nitrogens with zero attached hydrogens (tertiary/aromatic N) is 2. The van der Waals surface area contributed by atoms with Gasteiger partial charge >= 0.3 is 0 Å². The maximum atomic E-state index is 10.8. The summed E-state index contributed by atoms with van der Waals surface area (Å²) in [6.07, 6.45) is 0. The van der Waals surface area contributed by atoms with Gasteiger partial charge in [0.25, 0.3) is 0 Å². The summed E-state index contributed by atoms with van der Waals surface area (Å²) < 4.78 is 4.89. The summed E-state index contributed by atoms with van der Waals surface area (Å²) in [5, 5.41) is 7.75. The van der Waals surface area contributed by atoms with Crippen LogP contribution in [-0.4, -0.2) is 34.9 Å². The Morgan fingerprint density at radius 3 is 2.71 bits per heavy atom. The quantitative estimate of drug-likeness (QED) is 0.721. The van der Waals surface area contributed by atoms with Gasteiger partial charge in [0.2, 0.25) is 5.88 Å². The fourth-order valence-electron chi connectivity index (χ4n) is 1.56. The van der Waals surface area contributed by atoms with Crippen LogP contribution in [0.25, 0.3) is 0 Å². The van der Waals surface area contributed by atoms with Gasteiger partial charge in [-0.2, -0.15) is 5.10 Å². The molecule has 2 rings (SSSR count). The summed E-state index contributed by atoms with van der Waals surface area (Å²) in [6, 6.07) is 3.31. The van der Waals surface area contributed by atoms with E-state index in [2.05, 4.69) is 10.2 Å². The Morgan fingerprint density at radius 1 is 1.35 bits per heavy atom. The van der Waals surface area contributed by atoms with E-state index in [0.717, 1.165) is 0 Å². The van der Waals surface area contributed by atoms with E-state index < -0.39 is 5.92 Å². The van der Waals surface area contributed by atoms with E-state index in [4.69, 9.17) is 4.74 Å². The van der Waals surface area contributed by atoms with Crippen LogP contribution in [0.3, 0.4) is 0 Å². The summed E-state index contributed by atoms with van der Waals surface area (Å²) in [7, 11) is 1.49. The molecule has 1 unspecified atom stereocenters. The molecule has 1 aromatic heterocycles. The maximum Gasteiger partial charge on any atom is 0.233 e. The summed E-state index contributed by atoms with van der Waals surface area (Å²) >= 11 is 1.28. The molecule has 0 saturated carbocycles. The van der Waals surface area contributed by atoms with Gasteiger partial charge in [-0.3, -0.25) is 0 Å². The van der Waals surface area contributed by atoms with Crippen molar-refractivity contribution in [3.8, 4) is 5.88 Å². The summed E-state index contributed by atoms with van der Waals surface area (Å²) in [5.74, 6) is 4.07. The molecule has 0 N–H and O–H groups in total. The molecule has 0 aliphatic carbocycles. The first kappa shape index (κ1) is 11.6. The monoisotopic (exact) mass is 248 g/mol. The van der Waals surface area contributed by atoms with E-state index in [1.165, 1.54) is 18.9 Å². The minimum Gasteiger partial charge on any atom is -0.480 e. The van der Waals surface area contributed by atoms with Gasteiger partial charge < -0.3 is 4.74 Å². The Balaban J connectivity index is 2.42. The highest BCUT2D eigenvalue weighted by Gasteiger charge is 2.32. The molecule has 1 aliphatic rings. The second-order valence-electron chi connectivity index (χ2n) is 3.32. The maximum absolute atomic E-state index is 10.8. The van der Waals surface area contributed by atoms with Gasteiger partial charge in [-0.15, -0.1) is 16.9 Å². The van der Waals surface area contributed by atoms with Gasteiger partial charge in [-0.25, -0.2) is 9.59 Å². The van der Waals surface area contributed by atoms with Crippen molar-refractivity contribution in [3.05, 3.63) is 28.3 Å². The first-order chi connectivity index (χ1) is 8.30. The van der Waals surface area contributed by atoms with Crippen molar-refractivity contribution in [3.63, 3.8) is 0 Å². The van der Waals surface area contributed by atoms with Crippen LogP contribution < -0.4 is 4.74 Å². The predicted octanol–water partition coefficient (Wildman–Crippen LogP) is 0.789. The average molecular weight is 248 g/mol. The van der Waals surface area contributed by atoms with E-state index in [9.17, 15) is 9.59 Å². The minimum absolute atomic E-state index is 0.382. The zero-order valence-corrected chi connectivity index (χ0v) is 9.78. The van der Waals surface area contributed by atoms with Gasteiger partial charge in [-0.05, 0) is 6.07 Å². The standard InChI is InChI=1S/C11H8N2O3S/c1-16-10-3-2-8(12-13-10)11-7(4-14)6-17-9(11)5-15/h2-3,11H,6H2,1H3. The van der Waals surface area contributed by atoms with Crippen molar-refractivity contribution >= 4 is 23.6 Å². The molecule has 1 fully saturated rings. The Morgan fingerprint density at radius 2 is 2.18 bits per heavy atom. The van der Waals surface area contributed by atoms with Gasteiger partial charge in [-0.1, -0.05) is 0 Å². The molecule has 0 bridgehead atoms. The Labute approximate surface area is 102 Å². The zero-order chi connectivity index (χ0) is 12.3. The van der Waals surface area contributed by atoms with Gasteiger partial charge in [0.05, 0.1) is 23.6 Å². The molecule has 0 spiro atoms. The van der Waals surface area contributed by atoms with Crippen LogP contribution in [0.2, 0.25) is 0 Å². The number of ether oxygens (including phenoxy) is 1.